The van der Waals surface area contributed by atoms with Gasteiger partial charge in [0.15, 0.2) is 5.82 Å². The molecule has 1 aromatic heterocycles. The lowest BCUT2D eigenvalue weighted by molar-refractivity contribution is 0.00617. The summed E-state index contributed by atoms with van der Waals surface area (Å²) in [6.45, 7) is 8.90. The smallest absolute Gasteiger partial charge is 0.410 e. The first-order valence-corrected chi connectivity index (χ1v) is 10.5. The van der Waals surface area contributed by atoms with Crippen molar-refractivity contribution >= 4 is 12.0 Å². The number of nitrogens with one attached hydrogen (secondary N) is 1. The Labute approximate surface area is 176 Å². The third-order valence-corrected chi connectivity index (χ3v) is 5.40. The average Bonchev–Trinajstić information content (AvgIpc) is 3.43. The molecule has 2 fully saturated rings. The van der Waals surface area contributed by atoms with Crippen molar-refractivity contribution < 1.29 is 14.3 Å². The summed E-state index contributed by atoms with van der Waals surface area (Å²) >= 11 is 0. The van der Waals surface area contributed by atoms with Crippen LogP contribution in [0, 0.1) is 0 Å². The van der Waals surface area contributed by atoms with Crippen molar-refractivity contribution in [2.75, 3.05) is 19.6 Å². The largest absolute Gasteiger partial charge is 0.444 e. The Hall–Kier alpha value is -2.90. The molecule has 8 heteroatoms. The topological polar surface area (TPSA) is 91.4 Å². The van der Waals surface area contributed by atoms with E-state index in [4.69, 9.17) is 4.74 Å². The molecule has 1 aromatic carbocycles. The minimum absolute atomic E-state index is 0.0356. The molecule has 1 atom stereocenters. The van der Waals surface area contributed by atoms with Gasteiger partial charge in [0.1, 0.15) is 11.4 Å². The van der Waals surface area contributed by atoms with Gasteiger partial charge in [0.25, 0.3) is 5.91 Å². The quantitative estimate of drug-likeness (QED) is 0.835. The van der Waals surface area contributed by atoms with Gasteiger partial charge in [0, 0.05) is 42.7 Å². The van der Waals surface area contributed by atoms with E-state index >= 15 is 0 Å². The maximum atomic E-state index is 13.0. The zero-order valence-corrected chi connectivity index (χ0v) is 18.0. The van der Waals surface area contributed by atoms with E-state index in [2.05, 4.69) is 15.2 Å². The summed E-state index contributed by atoms with van der Waals surface area (Å²) in [4.78, 5) is 33.4. The first-order valence-electron chi connectivity index (χ1n) is 10.5. The van der Waals surface area contributed by atoms with E-state index < -0.39 is 5.60 Å². The summed E-state index contributed by atoms with van der Waals surface area (Å²) < 4.78 is 5.45. The normalized spacial score (nSPS) is 19.7. The lowest BCUT2D eigenvalue weighted by atomic mass is 10.1. The molecule has 1 saturated carbocycles. The molecule has 2 aliphatic rings. The summed E-state index contributed by atoms with van der Waals surface area (Å²) in [6, 6.07) is 7.31. The van der Waals surface area contributed by atoms with E-state index in [0.717, 1.165) is 11.4 Å². The van der Waals surface area contributed by atoms with Gasteiger partial charge < -0.3 is 14.5 Å². The van der Waals surface area contributed by atoms with E-state index in [-0.39, 0.29) is 18.0 Å². The monoisotopic (exact) mass is 411 g/mol. The van der Waals surface area contributed by atoms with Gasteiger partial charge in [-0.2, -0.15) is 5.10 Å². The van der Waals surface area contributed by atoms with Gasteiger partial charge in [-0.25, -0.2) is 9.78 Å². The van der Waals surface area contributed by atoms with Crippen molar-refractivity contribution in [2.24, 2.45) is 0 Å². The molecule has 2 heterocycles. The number of piperazine rings is 1. The van der Waals surface area contributed by atoms with Gasteiger partial charge in [-0.15, -0.1) is 0 Å². The molecule has 1 saturated heterocycles. The summed E-state index contributed by atoms with van der Waals surface area (Å²) in [5.74, 6) is 2.09. The van der Waals surface area contributed by atoms with Gasteiger partial charge in [-0.1, -0.05) is 12.1 Å². The Bertz CT molecular complexity index is 927. The fourth-order valence-electron chi connectivity index (χ4n) is 3.62. The number of carbonyl (C=O) groups is 2. The highest BCUT2D eigenvalue weighted by molar-refractivity contribution is 5.95. The molecule has 1 aliphatic heterocycles. The SMILES string of the molecule is C[C@H]1CN(C(=O)OC(C)(C)C)CCN1C(=O)c1ccc(-c2n[nH]c(C3CC3)n2)cc1. The lowest BCUT2D eigenvalue weighted by Gasteiger charge is -2.40. The zero-order chi connectivity index (χ0) is 21.5. The third-order valence-electron chi connectivity index (χ3n) is 5.40. The number of hydrogen-bond acceptors (Lipinski definition) is 5. The number of carbonyl (C=O) groups excluding carboxylic acids is 2. The van der Waals surface area contributed by atoms with Crippen LogP contribution in [0.5, 0.6) is 0 Å². The van der Waals surface area contributed by atoms with E-state index in [1.165, 1.54) is 12.8 Å². The van der Waals surface area contributed by atoms with E-state index in [1.807, 2.05) is 56.9 Å². The summed E-state index contributed by atoms with van der Waals surface area (Å²) in [7, 11) is 0. The predicted octanol–water partition coefficient (Wildman–Crippen LogP) is 3.43. The van der Waals surface area contributed by atoms with Crippen molar-refractivity contribution in [3.63, 3.8) is 0 Å². The summed E-state index contributed by atoms with van der Waals surface area (Å²) in [5.41, 5.74) is 0.976. The van der Waals surface area contributed by atoms with Crippen molar-refractivity contribution in [3.05, 3.63) is 35.7 Å². The van der Waals surface area contributed by atoms with Gasteiger partial charge in [-0.3, -0.25) is 9.89 Å². The Balaban J connectivity index is 1.38. The Morgan fingerprint density at radius 3 is 2.43 bits per heavy atom. The number of aromatic nitrogens is 3. The molecule has 0 bridgehead atoms. The zero-order valence-electron chi connectivity index (χ0n) is 18.0. The maximum absolute atomic E-state index is 13.0. The Morgan fingerprint density at radius 1 is 1.13 bits per heavy atom. The first-order chi connectivity index (χ1) is 14.2. The van der Waals surface area contributed by atoms with Crippen molar-refractivity contribution in [3.8, 4) is 11.4 Å². The van der Waals surface area contributed by atoms with E-state index in [0.29, 0.717) is 36.9 Å². The molecule has 1 N–H and O–H groups in total. The molecule has 2 amide bonds. The van der Waals surface area contributed by atoms with Gasteiger partial charge >= 0.3 is 6.09 Å². The van der Waals surface area contributed by atoms with E-state index in [1.54, 1.807) is 4.90 Å². The molecule has 4 rings (SSSR count). The molecule has 30 heavy (non-hydrogen) atoms. The number of H-pyrrole nitrogens is 1. The van der Waals surface area contributed by atoms with Crippen LogP contribution in [-0.4, -0.2) is 68.3 Å². The van der Waals surface area contributed by atoms with Crippen LogP contribution >= 0.6 is 0 Å². The molecule has 160 valence electrons. The number of benzene rings is 1. The molecule has 0 unspecified atom stereocenters. The van der Waals surface area contributed by atoms with Crippen LogP contribution < -0.4 is 0 Å². The summed E-state index contributed by atoms with van der Waals surface area (Å²) in [6.07, 6.45) is 2.01. The molecular formula is C22H29N5O3. The Kier molecular flexibility index (Phi) is 5.26. The standard InChI is InChI=1S/C22H29N5O3/c1-14-13-26(21(29)30-22(2,3)4)11-12-27(14)20(28)17-9-7-16(8-10-17)19-23-18(24-25-19)15-5-6-15/h7-10,14-15H,5-6,11-13H2,1-4H3,(H,23,24,25)/t14-/m0/s1. The number of ether oxygens (including phenoxy) is 1. The number of rotatable bonds is 3. The minimum atomic E-state index is -0.530. The fraction of sp³-hybridized carbons (Fsp3) is 0.545. The van der Waals surface area contributed by atoms with Crippen LogP contribution in [0.3, 0.4) is 0 Å². The van der Waals surface area contributed by atoms with Crippen LogP contribution in [0.2, 0.25) is 0 Å². The second kappa shape index (κ2) is 7.74. The summed E-state index contributed by atoms with van der Waals surface area (Å²) in [5, 5.41) is 7.30. The van der Waals surface area contributed by atoms with Crippen molar-refractivity contribution in [1.82, 2.24) is 25.0 Å². The van der Waals surface area contributed by atoms with Crippen LogP contribution in [0.4, 0.5) is 4.79 Å². The van der Waals surface area contributed by atoms with Crippen molar-refractivity contribution in [2.45, 2.75) is 58.1 Å². The first kappa shape index (κ1) is 20.4. The second-order valence-electron chi connectivity index (χ2n) is 9.17. The van der Waals surface area contributed by atoms with Gasteiger partial charge in [-0.05, 0) is 52.7 Å². The molecule has 0 spiro atoms. The Morgan fingerprint density at radius 2 is 1.83 bits per heavy atom. The molecule has 1 aliphatic carbocycles. The number of amides is 2. The number of hydrogen-bond donors (Lipinski definition) is 1. The number of aromatic amines is 1. The molecule has 8 nitrogen and oxygen atoms in total. The predicted molar refractivity (Wildman–Crippen MR) is 112 cm³/mol. The van der Waals surface area contributed by atoms with E-state index in [9.17, 15) is 9.59 Å². The average molecular weight is 412 g/mol. The number of nitrogens with zero attached hydrogens (tertiary/aromatic N) is 4. The van der Waals surface area contributed by atoms with Crippen LogP contribution in [0.1, 0.15) is 62.6 Å². The maximum Gasteiger partial charge on any atom is 0.410 e. The molecular weight excluding hydrogens is 382 g/mol. The third kappa shape index (κ3) is 4.47. The fourth-order valence-corrected chi connectivity index (χ4v) is 3.62. The lowest BCUT2D eigenvalue weighted by Crippen LogP contribution is -2.56. The highest BCUT2D eigenvalue weighted by Gasteiger charge is 2.32. The van der Waals surface area contributed by atoms with Crippen molar-refractivity contribution in [1.29, 1.82) is 0 Å². The molecule has 2 aromatic rings. The second-order valence-corrected chi connectivity index (χ2v) is 9.17. The highest BCUT2D eigenvalue weighted by Crippen LogP contribution is 2.38. The minimum Gasteiger partial charge on any atom is -0.444 e. The molecule has 0 radical (unpaired) electrons. The van der Waals surface area contributed by atoms with Crippen LogP contribution in [0.15, 0.2) is 24.3 Å². The highest BCUT2D eigenvalue weighted by atomic mass is 16.6. The van der Waals surface area contributed by atoms with Crippen LogP contribution in [-0.2, 0) is 4.74 Å². The van der Waals surface area contributed by atoms with Gasteiger partial charge in [0.05, 0.1) is 0 Å². The van der Waals surface area contributed by atoms with Gasteiger partial charge in [0.2, 0.25) is 0 Å². The van der Waals surface area contributed by atoms with Crippen LogP contribution in [0.25, 0.3) is 11.4 Å².